The van der Waals surface area contributed by atoms with Crippen molar-refractivity contribution in [3.63, 3.8) is 0 Å². The van der Waals surface area contributed by atoms with Crippen LogP contribution in [-0.2, 0) is 19.2 Å². The number of hydrogen-bond donors (Lipinski definition) is 0. The standard InChI is InChI=1S/C28H30N4O6/c1-5-29-25(33)19-21(15-11-7-9-13-17(15)37-3)32-24-20(26(34)30(6-2)28(24)36)22(31(32)23(19)27(29)35)16-12-8-10-14-18(16)38-4/h7-14,19-24H,5-6H2,1-4H3/t19-,20-,21-,22+,23+,24+/m0/s1. The zero-order valence-corrected chi connectivity index (χ0v) is 21.7. The summed E-state index contributed by atoms with van der Waals surface area (Å²) in [5, 5.41) is 3.68. The fourth-order valence-electron chi connectivity index (χ4n) is 7.01. The zero-order valence-electron chi connectivity index (χ0n) is 21.7. The van der Waals surface area contributed by atoms with E-state index >= 15 is 0 Å². The topological polar surface area (TPSA) is 99.7 Å². The van der Waals surface area contributed by atoms with E-state index in [1.54, 1.807) is 40.2 Å². The molecule has 4 fully saturated rings. The normalized spacial score (nSPS) is 30.7. The van der Waals surface area contributed by atoms with Gasteiger partial charge in [0.2, 0.25) is 23.6 Å². The van der Waals surface area contributed by atoms with Crippen molar-refractivity contribution in [2.75, 3.05) is 27.3 Å². The second-order valence-electron chi connectivity index (χ2n) is 9.92. The van der Waals surface area contributed by atoms with Crippen molar-refractivity contribution in [1.82, 2.24) is 19.8 Å². The maximum atomic E-state index is 13.8. The molecule has 6 rings (SSSR count). The van der Waals surface area contributed by atoms with Crippen LogP contribution in [0.5, 0.6) is 11.5 Å². The molecule has 0 bridgehead atoms. The molecule has 0 radical (unpaired) electrons. The lowest BCUT2D eigenvalue weighted by atomic mass is 9.83. The van der Waals surface area contributed by atoms with Crippen molar-refractivity contribution in [2.45, 2.75) is 38.0 Å². The maximum absolute atomic E-state index is 13.8. The van der Waals surface area contributed by atoms with E-state index in [0.717, 1.165) is 0 Å². The molecule has 0 N–H and O–H groups in total. The summed E-state index contributed by atoms with van der Waals surface area (Å²) in [7, 11) is 3.10. The molecule has 0 spiro atoms. The summed E-state index contributed by atoms with van der Waals surface area (Å²) < 4.78 is 11.4. The highest BCUT2D eigenvalue weighted by molar-refractivity contribution is 6.10. The van der Waals surface area contributed by atoms with Crippen LogP contribution < -0.4 is 9.47 Å². The Kier molecular flexibility index (Phi) is 5.77. The number of likely N-dealkylation sites (N-methyl/N-ethyl adjacent to an activating group) is 2. The molecule has 2 aromatic rings. The van der Waals surface area contributed by atoms with Gasteiger partial charge in [-0.15, -0.1) is 0 Å². The molecule has 10 nitrogen and oxygen atoms in total. The van der Waals surface area contributed by atoms with Crippen LogP contribution in [0.25, 0.3) is 0 Å². The van der Waals surface area contributed by atoms with Crippen molar-refractivity contribution < 1.29 is 28.7 Å². The first-order valence-corrected chi connectivity index (χ1v) is 12.9. The first-order chi connectivity index (χ1) is 18.4. The van der Waals surface area contributed by atoms with E-state index in [1.807, 2.05) is 46.4 Å². The summed E-state index contributed by atoms with van der Waals surface area (Å²) in [5.74, 6) is -1.65. The maximum Gasteiger partial charge on any atom is 0.248 e. The molecule has 4 amide bonds. The van der Waals surface area contributed by atoms with Crippen LogP contribution in [0.3, 0.4) is 0 Å². The van der Waals surface area contributed by atoms with Crippen LogP contribution in [0, 0.1) is 11.8 Å². The van der Waals surface area contributed by atoms with Crippen molar-refractivity contribution in [1.29, 1.82) is 0 Å². The molecule has 4 heterocycles. The molecule has 0 saturated carbocycles. The fraction of sp³-hybridized carbons (Fsp3) is 0.429. The number of amides is 4. The third-order valence-corrected chi connectivity index (χ3v) is 8.46. The molecule has 2 aromatic carbocycles. The molecule has 198 valence electrons. The Hall–Kier alpha value is -3.76. The van der Waals surface area contributed by atoms with Gasteiger partial charge in [0.15, 0.2) is 0 Å². The smallest absolute Gasteiger partial charge is 0.248 e. The van der Waals surface area contributed by atoms with Gasteiger partial charge in [0.05, 0.1) is 38.1 Å². The molecule has 4 aliphatic heterocycles. The number of fused-ring (bicyclic) bond motifs is 5. The molecule has 0 unspecified atom stereocenters. The average Bonchev–Trinajstić information content (AvgIpc) is 3.59. The van der Waals surface area contributed by atoms with Crippen LogP contribution in [0.4, 0.5) is 0 Å². The lowest BCUT2D eigenvalue weighted by Crippen LogP contribution is -2.50. The number of nitrogens with zero attached hydrogens (tertiary/aromatic N) is 4. The number of hydrogen-bond acceptors (Lipinski definition) is 8. The van der Waals surface area contributed by atoms with Gasteiger partial charge in [-0.05, 0) is 26.0 Å². The Balaban J connectivity index is 1.62. The number of hydrazine groups is 1. The highest BCUT2D eigenvalue weighted by Crippen LogP contribution is 2.60. The largest absolute Gasteiger partial charge is 0.496 e. The van der Waals surface area contributed by atoms with Gasteiger partial charge in [-0.25, -0.2) is 10.0 Å². The van der Waals surface area contributed by atoms with Crippen molar-refractivity contribution >= 4 is 23.6 Å². The summed E-state index contributed by atoms with van der Waals surface area (Å²) >= 11 is 0. The Labute approximate surface area is 220 Å². The summed E-state index contributed by atoms with van der Waals surface area (Å²) in [6.07, 6.45) is 0. The van der Waals surface area contributed by atoms with E-state index < -0.39 is 36.0 Å². The third kappa shape index (κ3) is 3.01. The van der Waals surface area contributed by atoms with E-state index in [9.17, 15) is 19.2 Å². The predicted octanol–water partition coefficient (Wildman–Crippen LogP) is 1.78. The summed E-state index contributed by atoms with van der Waals surface area (Å²) in [4.78, 5) is 57.8. The molecule has 10 heteroatoms. The van der Waals surface area contributed by atoms with E-state index in [2.05, 4.69) is 0 Å². The molecular weight excluding hydrogens is 488 g/mol. The van der Waals surface area contributed by atoms with Gasteiger partial charge in [-0.3, -0.25) is 29.0 Å². The van der Waals surface area contributed by atoms with Gasteiger partial charge in [0, 0.05) is 24.2 Å². The lowest BCUT2D eigenvalue weighted by Gasteiger charge is -2.36. The fourth-order valence-corrected chi connectivity index (χ4v) is 7.01. The highest BCUT2D eigenvalue weighted by atomic mass is 16.5. The SMILES string of the molecule is CCN1C(=O)[C@@H]2[C@H](C1=O)N1[C@H](c3ccccc3OC)[C@@H]3C(=O)N(CC)C(=O)[C@@H]3N1[C@H]2c1ccccc1OC. The number of para-hydroxylation sites is 2. The Bertz CT molecular complexity index is 1240. The Morgan fingerprint density at radius 2 is 0.947 bits per heavy atom. The zero-order chi connectivity index (χ0) is 26.9. The van der Waals surface area contributed by atoms with Crippen molar-refractivity contribution in [2.24, 2.45) is 11.8 Å². The monoisotopic (exact) mass is 518 g/mol. The first kappa shape index (κ1) is 24.6. The van der Waals surface area contributed by atoms with Gasteiger partial charge in [0.25, 0.3) is 0 Å². The van der Waals surface area contributed by atoms with Gasteiger partial charge in [-0.1, -0.05) is 36.4 Å². The third-order valence-electron chi connectivity index (χ3n) is 8.46. The van der Waals surface area contributed by atoms with E-state index in [0.29, 0.717) is 22.6 Å². The molecular formula is C28H30N4O6. The summed E-state index contributed by atoms with van der Waals surface area (Å²) in [6.45, 7) is 4.03. The summed E-state index contributed by atoms with van der Waals surface area (Å²) in [5.41, 5.74) is 1.39. The van der Waals surface area contributed by atoms with Gasteiger partial charge in [0.1, 0.15) is 23.6 Å². The number of ether oxygens (including phenoxy) is 2. The number of methoxy groups -OCH3 is 2. The highest BCUT2D eigenvalue weighted by Gasteiger charge is 2.73. The van der Waals surface area contributed by atoms with E-state index in [-0.39, 0.29) is 36.7 Å². The first-order valence-electron chi connectivity index (χ1n) is 12.9. The van der Waals surface area contributed by atoms with Crippen LogP contribution in [0.15, 0.2) is 48.5 Å². The molecule has 4 saturated heterocycles. The summed E-state index contributed by atoms with van der Waals surface area (Å²) in [6, 6.07) is 11.6. The average molecular weight is 519 g/mol. The lowest BCUT2D eigenvalue weighted by molar-refractivity contribution is -0.152. The van der Waals surface area contributed by atoms with Crippen LogP contribution in [0.1, 0.15) is 37.1 Å². The van der Waals surface area contributed by atoms with Gasteiger partial charge < -0.3 is 9.47 Å². The van der Waals surface area contributed by atoms with Crippen LogP contribution in [0.2, 0.25) is 0 Å². The van der Waals surface area contributed by atoms with Crippen LogP contribution >= 0.6 is 0 Å². The minimum absolute atomic E-state index is 0.241. The number of carbonyl (C=O) groups excluding carboxylic acids is 4. The van der Waals surface area contributed by atoms with Crippen molar-refractivity contribution in [3.8, 4) is 11.5 Å². The van der Waals surface area contributed by atoms with E-state index in [4.69, 9.17) is 9.47 Å². The Morgan fingerprint density at radius 3 is 1.29 bits per heavy atom. The molecule has 4 aliphatic rings. The quantitative estimate of drug-likeness (QED) is 0.534. The van der Waals surface area contributed by atoms with E-state index in [1.165, 1.54) is 9.80 Å². The molecule has 0 aromatic heterocycles. The number of benzene rings is 2. The van der Waals surface area contributed by atoms with Gasteiger partial charge in [-0.2, -0.15) is 0 Å². The minimum Gasteiger partial charge on any atom is -0.496 e. The number of rotatable bonds is 6. The molecule has 0 aliphatic carbocycles. The number of likely N-dealkylation sites (tertiary alicyclic amines) is 2. The predicted molar refractivity (Wildman–Crippen MR) is 134 cm³/mol. The molecule has 6 atom stereocenters. The van der Waals surface area contributed by atoms with Gasteiger partial charge >= 0.3 is 0 Å². The second-order valence-corrected chi connectivity index (χ2v) is 9.92. The number of carbonyl (C=O) groups is 4. The minimum atomic E-state index is -0.867. The molecule has 38 heavy (non-hydrogen) atoms. The van der Waals surface area contributed by atoms with Crippen molar-refractivity contribution in [3.05, 3.63) is 59.7 Å². The number of imide groups is 2. The van der Waals surface area contributed by atoms with Crippen LogP contribution in [-0.4, -0.2) is 82.8 Å². The second kappa shape index (κ2) is 8.92. The Morgan fingerprint density at radius 1 is 0.579 bits per heavy atom.